The van der Waals surface area contributed by atoms with Crippen LogP contribution in [-0.2, 0) is 6.18 Å². The van der Waals surface area contributed by atoms with Crippen LogP contribution in [0, 0.1) is 0 Å². The Kier molecular flexibility index (Phi) is 3.75. The van der Waals surface area contributed by atoms with E-state index in [-0.39, 0.29) is 17.5 Å². The van der Waals surface area contributed by atoms with Crippen molar-refractivity contribution in [3.05, 3.63) is 23.4 Å². The van der Waals surface area contributed by atoms with Crippen molar-refractivity contribution in [1.29, 1.82) is 0 Å². The number of ether oxygens (including phenoxy) is 1. The molecule has 0 radical (unpaired) electrons. The number of ketones is 1. The van der Waals surface area contributed by atoms with Gasteiger partial charge in [0.15, 0.2) is 5.78 Å². The van der Waals surface area contributed by atoms with Crippen LogP contribution in [0.2, 0.25) is 0 Å². The monoisotopic (exact) mass is 247 g/mol. The number of pyridine rings is 1. The second-order valence-corrected chi connectivity index (χ2v) is 3.80. The van der Waals surface area contributed by atoms with E-state index in [0.29, 0.717) is 6.20 Å². The summed E-state index contributed by atoms with van der Waals surface area (Å²) in [5.74, 6) is -0.584. The molecule has 0 atom stereocenters. The molecule has 94 valence electrons. The Morgan fingerprint density at radius 3 is 2.41 bits per heavy atom. The summed E-state index contributed by atoms with van der Waals surface area (Å²) in [5, 5.41) is 0. The van der Waals surface area contributed by atoms with Gasteiger partial charge in [-0.15, -0.1) is 0 Å². The summed E-state index contributed by atoms with van der Waals surface area (Å²) in [6.45, 7) is 4.57. The number of carbonyl (C=O) groups is 1. The third-order valence-electron chi connectivity index (χ3n) is 1.91. The van der Waals surface area contributed by atoms with Crippen molar-refractivity contribution in [2.75, 3.05) is 0 Å². The van der Waals surface area contributed by atoms with Crippen LogP contribution in [-0.4, -0.2) is 16.9 Å². The molecular weight excluding hydrogens is 235 g/mol. The highest BCUT2D eigenvalue weighted by Crippen LogP contribution is 2.31. The van der Waals surface area contributed by atoms with E-state index in [2.05, 4.69) is 4.98 Å². The maximum atomic E-state index is 12.4. The molecule has 3 nitrogen and oxygen atoms in total. The van der Waals surface area contributed by atoms with Gasteiger partial charge < -0.3 is 4.74 Å². The fraction of sp³-hybridized carbons (Fsp3) is 0.455. The second-order valence-electron chi connectivity index (χ2n) is 3.80. The molecule has 0 fully saturated rings. The summed E-state index contributed by atoms with van der Waals surface area (Å²) in [6, 6.07) is 0.757. The number of rotatable bonds is 3. The van der Waals surface area contributed by atoms with E-state index in [1.54, 1.807) is 13.8 Å². The number of hydrogen-bond donors (Lipinski definition) is 0. The molecule has 0 saturated carbocycles. The quantitative estimate of drug-likeness (QED) is 0.770. The van der Waals surface area contributed by atoms with E-state index in [1.807, 2.05) is 0 Å². The van der Waals surface area contributed by atoms with Crippen LogP contribution in [0.3, 0.4) is 0 Å². The molecule has 0 aliphatic carbocycles. The van der Waals surface area contributed by atoms with E-state index in [1.165, 1.54) is 6.92 Å². The van der Waals surface area contributed by atoms with Crippen LogP contribution in [0.1, 0.15) is 36.7 Å². The van der Waals surface area contributed by atoms with Crippen LogP contribution >= 0.6 is 0 Å². The van der Waals surface area contributed by atoms with E-state index in [4.69, 9.17) is 4.74 Å². The zero-order valence-corrected chi connectivity index (χ0v) is 9.63. The van der Waals surface area contributed by atoms with Gasteiger partial charge >= 0.3 is 6.18 Å². The molecule has 0 bridgehead atoms. The Labute approximate surface area is 96.6 Å². The Balaban J connectivity index is 3.22. The Hall–Kier alpha value is -1.59. The lowest BCUT2D eigenvalue weighted by molar-refractivity contribution is -0.137. The summed E-state index contributed by atoms with van der Waals surface area (Å²) in [7, 11) is 0. The van der Waals surface area contributed by atoms with Crippen LogP contribution in [0.25, 0.3) is 0 Å². The Morgan fingerprint density at radius 2 is 2.00 bits per heavy atom. The predicted octanol–water partition coefficient (Wildman–Crippen LogP) is 3.09. The summed E-state index contributed by atoms with van der Waals surface area (Å²) in [4.78, 5) is 14.8. The van der Waals surface area contributed by atoms with Crippen molar-refractivity contribution < 1.29 is 22.7 Å². The van der Waals surface area contributed by atoms with Gasteiger partial charge in [0.2, 0.25) is 5.88 Å². The van der Waals surface area contributed by atoms with Gasteiger partial charge in [-0.3, -0.25) is 4.79 Å². The first-order valence-electron chi connectivity index (χ1n) is 4.96. The van der Waals surface area contributed by atoms with Gasteiger partial charge in [-0.2, -0.15) is 13.2 Å². The van der Waals surface area contributed by atoms with Gasteiger partial charge in [0.05, 0.1) is 17.2 Å². The molecule has 0 aromatic carbocycles. The first kappa shape index (κ1) is 13.5. The number of alkyl halides is 3. The maximum absolute atomic E-state index is 12.4. The minimum Gasteiger partial charge on any atom is -0.474 e. The van der Waals surface area contributed by atoms with Crippen molar-refractivity contribution in [2.45, 2.75) is 33.1 Å². The van der Waals surface area contributed by atoms with Gasteiger partial charge in [0, 0.05) is 6.20 Å². The summed E-state index contributed by atoms with van der Waals surface area (Å²) in [6.07, 6.45) is -4.13. The molecule has 0 aliphatic heterocycles. The molecule has 0 amide bonds. The molecule has 17 heavy (non-hydrogen) atoms. The van der Waals surface area contributed by atoms with Gasteiger partial charge in [-0.05, 0) is 26.8 Å². The van der Waals surface area contributed by atoms with Gasteiger partial charge in [0.1, 0.15) is 0 Å². The third-order valence-corrected chi connectivity index (χ3v) is 1.91. The van der Waals surface area contributed by atoms with Crippen LogP contribution in [0.15, 0.2) is 12.3 Å². The number of carbonyl (C=O) groups excluding carboxylic acids is 1. The standard InChI is InChI=1S/C11H12F3NO2/c1-6(2)17-10-9(7(3)16)4-8(5-15-10)11(12,13)14/h4-6H,1-3H3. The average molecular weight is 247 g/mol. The Morgan fingerprint density at radius 1 is 1.41 bits per heavy atom. The molecule has 1 aromatic heterocycles. The largest absolute Gasteiger partial charge is 0.474 e. The molecule has 1 heterocycles. The summed E-state index contributed by atoms with van der Waals surface area (Å²) < 4.78 is 42.5. The van der Waals surface area contributed by atoms with Crippen molar-refractivity contribution in [2.24, 2.45) is 0 Å². The molecule has 1 rings (SSSR count). The second kappa shape index (κ2) is 4.73. The number of Topliss-reactive ketones (excluding diaryl/α,β-unsaturated/α-hetero) is 1. The van der Waals surface area contributed by atoms with Crippen LogP contribution in [0.4, 0.5) is 13.2 Å². The number of nitrogens with zero attached hydrogens (tertiary/aromatic N) is 1. The van der Waals surface area contributed by atoms with Crippen molar-refractivity contribution in [3.63, 3.8) is 0 Å². The molecule has 0 aliphatic rings. The van der Waals surface area contributed by atoms with Crippen molar-refractivity contribution >= 4 is 5.78 Å². The molecule has 0 saturated heterocycles. The summed E-state index contributed by atoms with van der Waals surface area (Å²) in [5.41, 5.74) is -1.12. The highest BCUT2D eigenvalue weighted by Gasteiger charge is 2.32. The Bertz CT molecular complexity index is 427. The molecule has 6 heteroatoms. The lowest BCUT2D eigenvalue weighted by Crippen LogP contribution is -2.13. The third kappa shape index (κ3) is 3.44. The molecule has 0 unspecified atom stereocenters. The zero-order valence-electron chi connectivity index (χ0n) is 9.63. The number of halogens is 3. The highest BCUT2D eigenvalue weighted by atomic mass is 19.4. The van der Waals surface area contributed by atoms with Gasteiger partial charge in [0.25, 0.3) is 0 Å². The maximum Gasteiger partial charge on any atom is 0.417 e. The van der Waals surface area contributed by atoms with Crippen molar-refractivity contribution in [3.8, 4) is 5.88 Å². The van der Waals surface area contributed by atoms with E-state index in [9.17, 15) is 18.0 Å². The first-order valence-corrected chi connectivity index (χ1v) is 4.96. The molecular formula is C11H12F3NO2. The van der Waals surface area contributed by atoms with Gasteiger partial charge in [-0.1, -0.05) is 0 Å². The fourth-order valence-electron chi connectivity index (χ4n) is 1.18. The van der Waals surface area contributed by atoms with E-state index in [0.717, 1.165) is 6.07 Å². The number of aromatic nitrogens is 1. The molecule has 0 spiro atoms. The molecule has 1 aromatic rings. The number of hydrogen-bond acceptors (Lipinski definition) is 3. The van der Waals surface area contributed by atoms with E-state index < -0.39 is 17.5 Å². The fourth-order valence-corrected chi connectivity index (χ4v) is 1.18. The van der Waals surface area contributed by atoms with Crippen LogP contribution in [0.5, 0.6) is 5.88 Å². The topological polar surface area (TPSA) is 39.2 Å². The lowest BCUT2D eigenvalue weighted by Gasteiger charge is -2.13. The predicted molar refractivity (Wildman–Crippen MR) is 55.0 cm³/mol. The first-order chi connectivity index (χ1) is 7.71. The normalized spacial score (nSPS) is 11.7. The minimum atomic E-state index is -4.52. The minimum absolute atomic E-state index is 0.0690. The highest BCUT2D eigenvalue weighted by molar-refractivity contribution is 5.96. The van der Waals surface area contributed by atoms with Crippen LogP contribution < -0.4 is 4.74 Å². The van der Waals surface area contributed by atoms with E-state index >= 15 is 0 Å². The van der Waals surface area contributed by atoms with Gasteiger partial charge in [-0.25, -0.2) is 4.98 Å². The average Bonchev–Trinajstić information content (AvgIpc) is 2.15. The smallest absolute Gasteiger partial charge is 0.417 e. The van der Waals surface area contributed by atoms with Crippen molar-refractivity contribution in [1.82, 2.24) is 4.98 Å². The molecule has 0 N–H and O–H groups in total. The summed E-state index contributed by atoms with van der Waals surface area (Å²) >= 11 is 0. The SMILES string of the molecule is CC(=O)c1cc(C(F)(F)F)cnc1OC(C)C. The zero-order chi connectivity index (χ0) is 13.2. The lowest BCUT2D eigenvalue weighted by atomic mass is 10.1.